The summed E-state index contributed by atoms with van der Waals surface area (Å²) in [6, 6.07) is -0.0130. The molecule has 2 aromatic heterocycles. The summed E-state index contributed by atoms with van der Waals surface area (Å²) in [5, 5.41) is 15.6. The Morgan fingerprint density at radius 1 is 1.14 bits per heavy atom. The van der Waals surface area contributed by atoms with Gasteiger partial charge in [-0.05, 0) is 77.2 Å². The number of halogens is 3. The van der Waals surface area contributed by atoms with Crippen molar-refractivity contribution in [2.24, 2.45) is 17.8 Å². The van der Waals surface area contributed by atoms with Gasteiger partial charge in [0.2, 0.25) is 27.7 Å². The monoisotopic (exact) mass is 824 g/mol. The Kier molecular flexibility index (Phi) is 11.0. The van der Waals surface area contributed by atoms with E-state index in [0.29, 0.717) is 50.1 Å². The van der Waals surface area contributed by atoms with Crippen LogP contribution in [0.5, 0.6) is 5.88 Å². The van der Waals surface area contributed by atoms with Crippen LogP contribution in [0.3, 0.4) is 0 Å². The molecule has 3 N–H and O–H groups in total. The molecule has 2 aromatic rings. The molecule has 306 valence electrons. The molecular formula is C37H47F3N6O8S2. The van der Waals surface area contributed by atoms with E-state index in [9.17, 15) is 45.9 Å². The van der Waals surface area contributed by atoms with Crippen molar-refractivity contribution in [3.8, 4) is 16.5 Å². The van der Waals surface area contributed by atoms with Gasteiger partial charge in [0.05, 0.1) is 11.3 Å². The van der Waals surface area contributed by atoms with Gasteiger partial charge < -0.3 is 20.1 Å². The van der Waals surface area contributed by atoms with Gasteiger partial charge in [-0.2, -0.15) is 13.2 Å². The third-order valence-electron chi connectivity index (χ3n) is 11.7. The number of thiazole rings is 1. The van der Waals surface area contributed by atoms with Gasteiger partial charge in [0.25, 0.3) is 5.91 Å². The summed E-state index contributed by atoms with van der Waals surface area (Å²) < 4.78 is 77.4. The Morgan fingerprint density at radius 3 is 2.48 bits per heavy atom. The molecule has 6 rings (SSSR count). The maximum Gasteiger partial charge on any atom is 0.411 e. The number of nitrogens with zero attached hydrogens (tertiary/aromatic N) is 4. The molecule has 2 saturated carbocycles. The van der Waals surface area contributed by atoms with E-state index in [1.165, 1.54) is 31.4 Å². The standard InChI is InChI=1S/C37H47F3N6O8S2/c1-21-8-6-7-9-24-19-36(24,32(49)44-56(52,53)35(5)11-12-35)43-29(47)26-18-25(54-27-17-23(10-13-41-27)30-42-14-15-55-30)20-45(26)31(48)28(22(2)16-21)46(33(50)51)34(3,4)37(38,39)40/h7,9-10,13-15,17,21-22,24-26,28H,6,8,11-12,16,18-20H2,1-5H3,(H,43,47)(H,44,49)(H,50,51)/t21-,22-,24-,25-,26+,28+,36-/m1/s1. The average molecular weight is 825 g/mol. The third-order valence-corrected chi connectivity index (χ3v) is 14.7. The largest absolute Gasteiger partial charge is 0.472 e. The van der Waals surface area contributed by atoms with Crippen LogP contribution in [0, 0.1) is 17.8 Å². The first-order chi connectivity index (χ1) is 26.1. The predicted molar refractivity (Wildman–Crippen MR) is 199 cm³/mol. The molecule has 19 heteroatoms. The van der Waals surface area contributed by atoms with Crippen molar-refractivity contribution in [1.29, 1.82) is 0 Å². The minimum absolute atomic E-state index is 0.0587. The SMILES string of the molecule is C[C@@H]1CCC=C[C@@H]2C[C@@]2(C(=O)NS(=O)(=O)C2(C)CC2)NC(=O)[C@@H]2C[C@@H](Oc3cc(-c4nccs4)ccn3)CN2C(=O)[C@@H](N(C(=O)O)C(C)(C)C(F)(F)F)[C@H](C)C1. The number of carbonyl (C=O) groups is 4. The van der Waals surface area contributed by atoms with Gasteiger partial charge in [0.15, 0.2) is 0 Å². The van der Waals surface area contributed by atoms with E-state index < -0.39 is 85.9 Å². The van der Waals surface area contributed by atoms with Crippen molar-refractivity contribution in [3.05, 3.63) is 42.1 Å². The molecule has 14 nitrogen and oxygen atoms in total. The highest BCUT2D eigenvalue weighted by molar-refractivity contribution is 7.91. The number of nitrogens with one attached hydrogen (secondary N) is 2. The molecule has 2 aliphatic carbocycles. The van der Waals surface area contributed by atoms with Crippen LogP contribution < -0.4 is 14.8 Å². The summed E-state index contributed by atoms with van der Waals surface area (Å²) in [4.78, 5) is 65.8. The maximum atomic E-state index is 14.9. The lowest BCUT2D eigenvalue weighted by Gasteiger charge is -2.45. The molecule has 0 bridgehead atoms. The fourth-order valence-electron chi connectivity index (χ4n) is 7.73. The molecule has 1 saturated heterocycles. The molecular weight excluding hydrogens is 778 g/mol. The molecule has 4 amide bonds. The van der Waals surface area contributed by atoms with E-state index in [4.69, 9.17) is 4.74 Å². The van der Waals surface area contributed by atoms with Crippen molar-refractivity contribution in [2.45, 2.75) is 120 Å². The first kappa shape index (κ1) is 41.4. The summed E-state index contributed by atoms with van der Waals surface area (Å²) >= 11 is 1.38. The lowest BCUT2D eigenvalue weighted by Crippen LogP contribution is -2.66. The highest BCUT2D eigenvalue weighted by Gasteiger charge is 2.64. The van der Waals surface area contributed by atoms with Crippen LogP contribution in [0.2, 0.25) is 0 Å². The first-order valence-corrected chi connectivity index (χ1v) is 20.9. The zero-order valence-electron chi connectivity index (χ0n) is 31.7. The lowest BCUT2D eigenvalue weighted by molar-refractivity contribution is -0.222. The number of aromatic nitrogens is 2. The third kappa shape index (κ3) is 7.97. The highest BCUT2D eigenvalue weighted by Crippen LogP contribution is 2.48. The van der Waals surface area contributed by atoms with Crippen molar-refractivity contribution in [1.82, 2.24) is 29.8 Å². The number of sulfonamides is 1. The Hall–Kier alpha value is -4.26. The van der Waals surface area contributed by atoms with Crippen LogP contribution in [0.1, 0.15) is 79.6 Å². The van der Waals surface area contributed by atoms with Gasteiger partial charge in [0, 0.05) is 41.7 Å². The Morgan fingerprint density at radius 2 is 1.86 bits per heavy atom. The van der Waals surface area contributed by atoms with Gasteiger partial charge in [-0.1, -0.05) is 26.0 Å². The number of carbonyl (C=O) groups excluding carboxylic acids is 3. The minimum atomic E-state index is -5.08. The Labute approximate surface area is 327 Å². The molecule has 4 aliphatic rings. The minimum Gasteiger partial charge on any atom is -0.472 e. The zero-order valence-corrected chi connectivity index (χ0v) is 33.3. The maximum absolute atomic E-state index is 14.9. The fourth-order valence-corrected chi connectivity index (χ4v) is 9.68. The number of amides is 4. The van der Waals surface area contributed by atoms with Gasteiger partial charge in [-0.3, -0.25) is 24.0 Å². The van der Waals surface area contributed by atoms with Gasteiger partial charge in [0.1, 0.15) is 34.3 Å². The molecule has 7 atom stereocenters. The van der Waals surface area contributed by atoms with Crippen LogP contribution >= 0.6 is 11.3 Å². The number of hydrogen-bond donors (Lipinski definition) is 3. The van der Waals surface area contributed by atoms with Crippen LogP contribution in [-0.2, 0) is 24.4 Å². The van der Waals surface area contributed by atoms with Gasteiger partial charge in [-0.15, -0.1) is 11.3 Å². The number of carboxylic acid groups (broad SMARTS) is 1. The molecule has 56 heavy (non-hydrogen) atoms. The van der Waals surface area contributed by atoms with Crippen LogP contribution in [0.15, 0.2) is 42.1 Å². The molecule has 0 aromatic carbocycles. The second kappa shape index (κ2) is 14.9. The van der Waals surface area contributed by atoms with Crippen LogP contribution in [0.4, 0.5) is 18.0 Å². The summed E-state index contributed by atoms with van der Waals surface area (Å²) in [6.45, 7) is 5.94. The number of ether oxygens (including phenoxy) is 1. The Balaban J connectivity index is 1.40. The van der Waals surface area contributed by atoms with E-state index in [1.54, 1.807) is 35.9 Å². The first-order valence-electron chi connectivity index (χ1n) is 18.6. The highest BCUT2D eigenvalue weighted by atomic mass is 32.2. The normalized spacial score (nSPS) is 29.5. The molecule has 2 aliphatic heterocycles. The predicted octanol–water partition coefficient (Wildman–Crippen LogP) is 5.13. The van der Waals surface area contributed by atoms with Gasteiger partial charge in [-0.25, -0.2) is 23.2 Å². The topological polar surface area (TPSA) is 188 Å². The van der Waals surface area contributed by atoms with E-state index in [-0.39, 0.29) is 42.5 Å². The van der Waals surface area contributed by atoms with E-state index in [2.05, 4.69) is 20.0 Å². The quantitative estimate of drug-likeness (QED) is 0.301. The van der Waals surface area contributed by atoms with Crippen molar-refractivity contribution >= 4 is 45.2 Å². The lowest BCUT2D eigenvalue weighted by atomic mass is 9.85. The molecule has 4 heterocycles. The van der Waals surface area contributed by atoms with Crippen molar-refractivity contribution in [3.63, 3.8) is 0 Å². The fraction of sp³-hybridized carbons (Fsp3) is 0.622. The number of pyridine rings is 1. The van der Waals surface area contributed by atoms with E-state index in [0.717, 1.165) is 4.90 Å². The molecule has 0 radical (unpaired) electrons. The zero-order chi connectivity index (χ0) is 41.0. The second-order valence-electron chi connectivity index (χ2n) is 16.3. The number of alkyl halides is 3. The smallest absolute Gasteiger partial charge is 0.411 e. The second-order valence-corrected chi connectivity index (χ2v) is 19.4. The number of rotatable bonds is 8. The number of fused-ring (bicyclic) bond motifs is 2. The average Bonchev–Trinajstić information content (AvgIpc) is 3.85. The van der Waals surface area contributed by atoms with E-state index in [1.807, 2.05) is 6.92 Å². The van der Waals surface area contributed by atoms with Crippen molar-refractivity contribution < 1.29 is 50.6 Å². The van der Waals surface area contributed by atoms with Gasteiger partial charge >= 0.3 is 12.3 Å². The summed E-state index contributed by atoms with van der Waals surface area (Å²) in [5.41, 5.74) is -4.05. The number of hydrogen-bond acceptors (Lipinski definition) is 10. The number of allylic oxidation sites excluding steroid dienone is 1. The summed E-state index contributed by atoms with van der Waals surface area (Å²) in [7, 11) is -4.11. The van der Waals surface area contributed by atoms with Crippen molar-refractivity contribution in [2.75, 3.05) is 6.54 Å². The molecule has 0 spiro atoms. The molecule has 3 fully saturated rings. The summed E-state index contributed by atoms with van der Waals surface area (Å²) in [5.74, 6) is -4.45. The van der Waals surface area contributed by atoms with Crippen LogP contribution in [0.25, 0.3) is 10.6 Å². The Bertz CT molecular complexity index is 1990. The van der Waals surface area contributed by atoms with Crippen LogP contribution in [-0.4, -0.2) is 104 Å². The molecule has 0 unspecified atom stereocenters. The van der Waals surface area contributed by atoms with E-state index >= 15 is 0 Å². The summed E-state index contributed by atoms with van der Waals surface area (Å²) in [6.07, 6.45) is 0.375.